The molecule has 2 heterocycles. The van der Waals surface area contributed by atoms with Crippen LogP contribution in [0.4, 0.5) is 10.5 Å². The predicted molar refractivity (Wildman–Crippen MR) is 93.7 cm³/mol. The molecule has 0 saturated carbocycles. The zero-order chi connectivity index (χ0) is 16.9. The van der Waals surface area contributed by atoms with Crippen molar-refractivity contribution in [2.24, 2.45) is 0 Å². The van der Waals surface area contributed by atoms with Crippen molar-refractivity contribution in [1.29, 1.82) is 0 Å². The molecule has 0 aliphatic carbocycles. The molecule has 0 saturated heterocycles. The van der Waals surface area contributed by atoms with Gasteiger partial charge in [-0.15, -0.1) is 11.3 Å². The van der Waals surface area contributed by atoms with E-state index in [1.54, 1.807) is 29.4 Å². The second-order valence-electron chi connectivity index (χ2n) is 5.36. The van der Waals surface area contributed by atoms with Gasteiger partial charge >= 0.3 is 6.03 Å². The minimum absolute atomic E-state index is 0.182. The highest BCUT2D eigenvalue weighted by molar-refractivity contribution is 7.09. The first-order valence-corrected chi connectivity index (χ1v) is 8.62. The number of fused-ring (bicyclic) bond motifs is 1. The van der Waals surface area contributed by atoms with Gasteiger partial charge in [0.05, 0.1) is 12.2 Å². The van der Waals surface area contributed by atoms with Gasteiger partial charge in [0.2, 0.25) is 0 Å². The van der Waals surface area contributed by atoms with Gasteiger partial charge in [-0.1, -0.05) is 18.2 Å². The van der Waals surface area contributed by atoms with E-state index in [1.807, 2.05) is 35.7 Å². The first-order chi connectivity index (χ1) is 11.7. The van der Waals surface area contributed by atoms with Crippen LogP contribution in [0.3, 0.4) is 0 Å². The molecule has 3 amide bonds. The van der Waals surface area contributed by atoms with E-state index in [-0.39, 0.29) is 18.5 Å². The average molecular weight is 345 g/mol. The third kappa shape index (κ3) is 3.51. The summed E-state index contributed by atoms with van der Waals surface area (Å²) in [6.07, 6.45) is 0.0711. The summed E-state index contributed by atoms with van der Waals surface area (Å²) >= 11 is 1.67. The second-order valence-corrected chi connectivity index (χ2v) is 6.39. The molecule has 1 atom stereocenters. The van der Waals surface area contributed by atoms with Crippen LogP contribution in [-0.4, -0.2) is 38.2 Å². The Hall–Kier alpha value is -2.54. The van der Waals surface area contributed by atoms with E-state index in [4.69, 9.17) is 4.74 Å². The Morgan fingerprint density at radius 2 is 2.12 bits per heavy atom. The van der Waals surface area contributed by atoms with Gasteiger partial charge in [-0.05, 0) is 30.0 Å². The topological polar surface area (TPSA) is 70.7 Å². The van der Waals surface area contributed by atoms with Crippen LogP contribution in [0.1, 0.15) is 4.88 Å². The summed E-state index contributed by atoms with van der Waals surface area (Å²) in [6, 6.07) is 11.0. The third-order valence-corrected chi connectivity index (χ3v) is 4.72. The Bertz CT molecular complexity index is 718. The second kappa shape index (κ2) is 7.35. The molecule has 1 unspecified atom stereocenters. The van der Waals surface area contributed by atoms with Crippen molar-refractivity contribution >= 4 is 29.0 Å². The number of thiophene rings is 1. The average Bonchev–Trinajstić information content (AvgIpc) is 3.13. The van der Waals surface area contributed by atoms with Crippen LogP contribution >= 0.6 is 11.3 Å². The molecule has 0 bridgehead atoms. The van der Waals surface area contributed by atoms with Gasteiger partial charge < -0.3 is 15.4 Å². The largest absolute Gasteiger partial charge is 0.477 e. The Morgan fingerprint density at radius 1 is 1.29 bits per heavy atom. The first-order valence-electron chi connectivity index (χ1n) is 7.74. The fourth-order valence-corrected chi connectivity index (χ4v) is 3.28. The number of amides is 3. The monoisotopic (exact) mass is 345 g/mol. The third-order valence-electron chi connectivity index (χ3n) is 3.79. The van der Waals surface area contributed by atoms with Crippen LogP contribution in [0.2, 0.25) is 0 Å². The summed E-state index contributed by atoms with van der Waals surface area (Å²) in [5.74, 6) is 0.284. The molecular weight excluding hydrogens is 326 g/mol. The number of anilines is 1. The number of ether oxygens (including phenoxy) is 1. The van der Waals surface area contributed by atoms with Gasteiger partial charge in [0, 0.05) is 18.5 Å². The van der Waals surface area contributed by atoms with Crippen LogP contribution in [0, 0.1) is 0 Å². The number of hydrogen-bond donors (Lipinski definition) is 2. The van der Waals surface area contributed by atoms with Gasteiger partial charge in [0.15, 0.2) is 6.10 Å². The van der Waals surface area contributed by atoms with Crippen molar-refractivity contribution in [1.82, 2.24) is 10.6 Å². The summed E-state index contributed by atoms with van der Waals surface area (Å²) in [7, 11) is 1.55. The summed E-state index contributed by atoms with van der Waals surface area (Å²) in [5, 5.41) is 7.50. The zero-order valence-corrected chi connectivity index (χ0v) is 14.1. The lowest BCUT2D eigenvalue weighted by Gasteiger charge is -2.33. The smallest absolute Gasteiger partial charge is 0.322 e. The van der Waals surface area contributed by atoms with Gasteiger partial charge in [-0.25, -0.2) is 4.79 Å². The number of benzene rings is 1. The summed E-state index contributed by atoms with van der Waals surface area (Å²) in [6.45, 7) is 0.727. The van der Waals surface area contributed by atoms with Gasteiger partial charge in [0.1, 0.15) is 5.75 Å². The Morgan fingerprint density at radius 3 is 2.88 bits per heavy atom. The predicted octanol–water partition coefficient (Wildman–Crippen LogP) is 2.01. The Labute approximate surface area is 144 Å². The van der Waals surface area contributed by atoms with Crippen LogP contribution in [0.25, 0.3) is 0 Å². The van der Waals surface area contributed by atoms with Crippen LogP contribution in [0.15, 0.2) is 41.8 Å². The number of urea groups is 1. The fourth-order valence-electron chi connectivity index (χ4n) is 2.57. The van der Waals surface area contributed by atoms with Gasteiger partial charge in [-0.2, -0.15) is 0 Å². The molecule has 0 spiro atoms. The van der Waals surface area contributed by atoms with Gasteiger partial charge in [0.25, 0.3) is 5.91 Å². The molecule has 2 aromatic rings. The molecule has 2 N–H and O–H groups in total. The molecule has 1 aromatic carbocycles. The number of hydrogen-bond acceptors (Lipinski definition) is 4. The van der Waals surface area contributed by atoms with Crippen molar-refractivity contribution in [3.8, 4) is 5.75 Å². The SMILES string of the molecule is CNC(=O)C1CN(C(=O)NCCc2cccs2)c2ccccc2O1. The van der Waals surface area contributed by atoms with E-state index in [9.17, 15) is 9.59 Å². The van der Waals surface area contributed by atoms with Crippen molar-refractivity contribution in [3.63, 3.8) is 0 Å². The number of carbonyl (C=O) groups excluding carboxylic acids is 2. The summed E-state index contributed by atoms with van der Waals surface area (Å²) < 4.78 is 5.70. The molecule has 24 heavy (non-hydrogen) atoms. The fraction of sp³-hybridized carbons (Fsp3) is 0.294. The number of para-hydroxylation sites is 2. The minimum atomic E-state index is -0.715. The van der Waals surface area contributed by atoms with E-state index >= 15 is 0 Å². The van der Waals surface area contributed by atoms with Crippen molar-refractivity contribution in [2.75, 3.05) is 25.0 Å². The van der Waals surface area contributed by atoms with Crippen molar-refractivity contribution in [2.45, 2.75) is 12.5 Å². The maximum absolute atomic E-state index is 12.6. The van der Waals surface area contributed by atoms with E-state index in [1.165, 1.54) is 4.88 Å². The van der Waals surface area contributed by atoms with E-state index in [0.29, 0.717) is 18.0 Å². The lowest BCUT2D eigenvalue weighted by atomic mass is 10.2. The number of rotatable bonds is 4. The Kier molecular flexibility index (Phi) is 5.00. The van der Waals surface area contributed by atoms with Crippen molar-refractivity contribution in [3.05, 3.63) is 46.7 Å². The molecule has 126 valence electrons. The first kappa shape index (κ1) is 16.3. The highest BCUT2D eigenvalue weighted by atomic mass is 32.1. The lowest BCUT2D eigenvalue weighted by molar-refractivity contribution is -0.127. The molecule has 0 radical (unpaired) electrons. The zero-order valence-electron chi connectivity index (χ0n) is 13.3. The normalized spacial score (nSPS) is 16.0. The number of likely N-dealkylation sites (N-methyl/N-ethyl adjacent to an activating group) is 1. The maximum Gasteiger partial charge on any atom is 0.322 e. The van der Waals surface area contributed by atoms with E-state index in [0.717, 1.165) is 6.42 Å². The van der Waals surface area contributed by atoms with E-state index in [2.05, 4.69) is 10.6 Å². The number of nitrogens with zero attached hydrogens (tertiary/aromatic N) is 1. The molecule has 1 aromatic heterocycles. The molecule has 1 aliphatic rings. The van der Waals surface area contributed by atoms with Crippen LogP contribution in [-0.2, 0) is 11.2 Å². The van der Waals surface area contributed by atoms with Crippen molar-refractivity contribution < 1.29 is 14.3 Å². The van der Waals surface area contributed by atoms with Gasteiger partial charge in [-0.3, -0.25) is 9.69 Å². The molecule has 0 fully saturated rings. The molecule has 1 aliphatic heterocycles. The van der Waals surface area contributed by atoms with Crippen LogP contribution < -0.4 is 20.3 Å². The highest BCUT2D eigenvalue weighted by Gasteiger charge is 2.33. The van der Waals surface area contributed by atoms with Crippen LogP contribution in [0.5, 0.6) is 5.75 Å². The number of nitrogens with one attached hydrogen (secondary N) is 2. The standard InChI is InChI=1S/C17H19N3O3S/c1-18-16(21)15-11-20(13-6-2-3-7-14(13)23-15)17(22)19-9-8-12-5-4-10-24-12/h2-7,10,15H,8-9,11H2,1H3,(H,18,21)(H,19,22). The maximum atomic E-state index is 12.6. The quantitative estimate of drug-likeness (QED) is 0.890. The lowest BCUT2D eigenvalue weighted by Crippen LogP contribution is -2.52. The molecule has 7 heteroatoms. The summed E-state index contributed by atoms with van der Waals surface area (Å²) in [5.41, 5.74) is 0.672. The molecule has 3 rings (SSSR count). The minimum Gasteiger partial charge on any atom is -0.477 e. The Balaban J connectivity index is 1.70. The molecular formula is C17H19N3O3S. The highest BCUT2D eigenvalue weighted by Crippen LogP contribution is 2.33. The molecule has 6 nitrogen and oxygen atoms in total. The summed E-state index contributed by atoms with van der Waals surface area (Å²) in [4.78, 5) is 27.3. The van der Waals surface area contributed by atoms with E-state index < -0.39 is 6.10 Å². The number of carbonyl (C=O) groups is 2.